The molecule has 0 atom stereocenters. The molecule has 3 rings (SSSR count). The second-order valence-corrected chi connectivity index (χ2v) is 5.86. The molecule has 1 aliphatic rings. The van der Waals surface area contributed by atoms with Crippen LogP contribution in [0, 0.1) is 0 Å². The molecule has 6 heteroatoms. The molecule has 128 valence electrons. The number of rotatable bonds is 5. The summed E-state index contributed by atoms with van der Waals surface area (Å²) in [6.45, 7) is 0.427. The number of amides is 1. The number of benzene rings is 2. The molecule has 0 radical (unpaired) electrons. The normalized spacial score (nSPS) is 15.6. The van der Waals surface area contributed by atoms with Gasteiger partial charge in [0.25, 0.3) is 5.91 Å². The Morgan fingerprint density at radius 2 is 1.92 bits per heavy atom. The number of thiocarbonyl (C=S) groups is 1. The van der Waals surface area contributed by atoms with Crippen molar-refractivity contribution in [3.63, 3.8) is 0 Å². The van der Waals surface area contributed by atoms with E-state index in [1.54, 1.807) is 20.3 Å². The third-order valence-corrected chi connectivity index (χ3v) is 4.09. The van der Waals surface area contributed by atoms with Gasteiger partial charge >= 0.3 is 0 Å². The Bertz CT molecular complexity index is 834. The van der Waals surface area contributed by atoms with Crippen molar-refractivity contribution in [1.82, 2.24) is 5.32 Å². The van der Waals surface area contributed by atoms with Gasteiger partial charge in [0.2, 0.25) is 0 Å². The van der Waals surface area contributed by atoms with Gasteiger partial charge in [0.05, 0.1) is 19.4 Å². The molecule has 0 unspecified atom stereocenters. The molecule has 2 aromatic carbocycles. The van der Waals surface area contributed by atoms with Crippen molar-refractivity contribution >= 4 is 35.0 Å². The highest BCUT2D eigenvalue weighted by Gasteiger charge is 2.31. The summed E-state index contributed by atoms with van der Waals surface area (Å²) in [6, 6.07) is 15.0. The van der Waals surface area contributed by atoms with E-state index in [2.05, 4.69) is 5.32 Å². The van der Waals surface area contributed by atoms with Crippen LogP contribution in [0.4, 0.5) is 5.69 Å². The van der Waals surface area contributed by atoms with E-state index in [1.165, 1.54) is 4.90 Å². The van der Waals surface area contributed by atoms with Crippen molar-refractivity contribution in [2.45, 2.75) is 6.61 Å². The fourth-order valence-corrected chi connectivity index (χ4v) is 2.97. The maximum absolute atomic E-state index is 12.7. The molecule has 1 heterocycles. The van der Waals surface area contributed by atoms with Crippen molar-refractivity contribution in [2.24, 2.45) is 0 Å². The fourth-order valence-electron chi connectivity index (χ4n) is 2.67. The minimum absolute atomic E-state index is 0.180. The van der Waals surface area contributed by atoms with Crippen LogP contribution in [-0.2, 0) is 16.1 Å². The van der Waals surface area contributed by atoms with E-state index in [4.69, 9.17) is 21.7 Å². The standard InChI is InChI=1S/C19H18N2O3S/c1-23-12-14-10-13(8-9-17(14)24-2)11-16-18(22)21(19(25)20-16)15-6-4-3-5-7-15/h3-11H,12H2,1-2H3,(H,20,25)/b16-11+. The maximum atomic E-state index is 12.7. The SMILES string of the molecule is COCc1cc(/C=C2/NC(=S)N(c3ccccc3)C2=O)ccc1OC. The smallest absolute Gasteiger partial charge is 0.281 e. The van der Waals surface area contributed by atoms with Gasteiger partial charge in [0.1, 0.15) is 11.4 Å². The van der Waals surface area contributed by atoms with Gasteiger partial charge in [-0.05, 0) is 48.1 Å². The minimum Gasteiger partial charge on any atom is -0.496 e. The largest absolute Gasteiger partial charge is 0.496 e. The van der Waals surface area contributed by atoms with Gasteiger partial charge in [-0.3, -0.25) is 9.69 Å². The zero-order valence-corrected chi connectivity index (χ0v) is 14.8. The minimum atomic E-state index is -0.180. The molecule has 1 amide bonds. The molecule has 0 aromatic heterocycles. The highest BCUT2D eigenvalue weighted by Crippen LogP contribution is 2.25. The topological polar surface area (TPSA) is 50.8 Å². The number of ether oxygens (including phenoxy) is 2. The second kappa shape index (κ2) is 7.46. The third kappa shape index (κ3) is 3.55. The lowest BCUT2D eigenvalue weighted by atomic mass is 10.1. The average molecular weight is 354 g/mol. The number of nitrogens with zero attached hydrogens (tertiary/aromatic N) is 1. The maximum Gasteiger partial charge on any atom is 0.281 e. The predicted octanol–water partition coefficient (Wildman–Crippen LogP) is 3.10. The van der Waals surface area contributed by atoms with Gasteiger partial charge in [-0.2, -0.15) is 0 Å². The first-order valence-electron chi connectivity index (χ1n) is 7.72. The van der Waals surface area contributed by atoms with Crippen LogP contribution >= 0.6 is 12.2 Å². The van der Waals surface area contributed by atoms with E-state index < -0.39 is 0 Å². The van der Waals surface area contributed by atoms with Gasteiger partial charge in [-0.1, -0.05) is 24.3 Å². The second-order valence-electron chi connectivity index (χ2n) is 5.47. The Hall–Kier alpha value is -2.70. The first-order chi connectivity index (χ1) is 12.1. The first kappa shape index (κ1) is 17.1. The van der Waals surface area contributed by atoms with Crippen molar-refractivity contribution in [3.05, 3.63) is 65.4 Å². The Balaban J connectivity index is 1.91. The third-order valence-electron chi connectivity index (χ3n) is 3.81. The molecule has 1 fully saturated rings. The molecular formula is C19H18N2O3S. The van der Waals surface area contributed by atoms with Crippen molar-refractivity contribution in [3.8, 4) is 5.75 Å². The quantitative estimate of drug-likeness (QED) is 0.660. The number of hydrogen-bond donors (Lipinski definition) is 1. The van der Waals surface area contributed by atoms with Crippen LogP contribution in [0.3, 0.4) is 0 Å². The zero-order valence-electron chi connectivity index (χ0n) is 14.0. The van der Waals surface area contributed by atoms with E-state index in [0.717, 1.165) is 22.6 Å². The van der Waals surface area contributed by atoms with Gasteiger partial charge in [-0.15, -0.1) is 0 Å². The van der Waals surface area contributed by atoms with Gasteiger partial charge in [0.15, 0.2) is 5.11 Å². The van der Waals surface area contributed by atoms with Crippen LogP contribution in [0.25, 0.3) is 6.08 Å². The van der Waals surface area contributed by atoms with Crippen LogP contribution in [0.5, 0.6) is 5.75 Å². The van der Waals surface area contributed by atoms with Gasteiger partial charge < -0.3 is 14.8 Å². The molecule has 25 heavy (non-hydrogen) atoms. The van der Waals surface area contributed by atoms with E-state index in [9.17, 15) is 4.79 Å². The molecule has 1 saturated heterocycles. The van der Waals surface area contributed by atoms with Gasteiger partial charge in [0, 0.05) is 12.7 Å². The number of carbonyl (C=O) groups excluding carboxylic acids is 1. The highest BCUT2D eigenvalue weighted by molar-refractivity contribution is 7.80. The zero-order chi connectivity index (χ0) is 17.8. The first-order valence-corrected chi connectivity index (χ1v) is 8.13. The number of para-hydroxylation sites is 1. The fraction of sp³-hybridized carbons (Fsp3) is 0.158. The van der Waals surface area contributed by atoms with Crippen LogP contribution < -0.4 is 15.0 Å². The van der Waals surface area contributed by atoms with Crippen LogP contribution in [0.15, 0.2) is 54.2 Å². The summed E-state index contributed by atoms with van der Waals surface area (Å²) in [6.07, 6.45) is 1.77. The molecule has 2 aromatic rings. The number of carbonyl (C=O) groups is 1. The Kier molecular flexibility index (Phi) is 5.11. The van der Waals surface area contributed by atoms with E-state index >= 15 is 0 Å². The highest BCUT2D eigenvalue weighted by atomic mass is 32.1. The molecule has 0 spiro atoms. The summed E-state index contributed by atoms with van der Waals surface area (Å²) in [7, 11) is 3.24. The van der Waals surface area contributed by atoms with Gasteiger partial charge in [-0.25, -0.2) is 0 Å². The molecule has 1 N–H and O–H groups in total. The lowest BCUT2D eigenvalue weighted by Crippen LogP contribution is -2.30. The predicted molar refractivity (Wildman–Crippen MR) is 101 cm³/mol. The summed E-state index contributed by atoms with van der Waals surface area (Å²) < 4.78 is 10.5. The van der Waals surface area contributed by atoms with Crippen molar-refractivity contribution in [1.29, 1.82) is 0 Å². The van der Waals surface area contributed by atoms with E-state index in [1.807, 2.05) is 48.5 Å². The lowest BCUT2D eigenvalue weighted by molar-refractivity contribution is -0.113. The Morgan fingerprint density at radius 1 is 1.16 bits per heavy atom. The molecule has 0 saturated carbocycles. The van der Waals surface area contributed by atoms with E-state index in [-0.39, 0.29) is 5.91 Å². The summed E-state index contributed by atoms with van der Waals surface area (Å²) in [5.41, 5.74) is 2.94. The summed E-state index contributed by atoms with van der Waals surface area (Å²) in [5.74, 6) is 0.566. The molecule has 0 aliphatic carbocycles. The van der Waals surface area contributed by atoms with Crippen molar-refractivity contribution < 1.29 is 14.3 Å². The average Bonchev–Trinajstić information content (AvgIpc) is 2.90. The van der Waals surface area contributed by atoms with Crippen LogP contribution in [0.1, 0.15) is 11.1 Å². The summed E-state index contributed by atoms with van der Waals surface area (Å²) >= 11 is 5.31. The number of nitrogens with one attached hydrogen (secondary N) is 1. The van der Waals surface area contributed by atoms with Crippen molar-refractivity contribution in [2.75, 3.05) is 19.1 Å². The number of methoxy groups -OCH3 is 2. The molecule has 5 nitrogen and oxygen atoms in total. The summed E-state index contributed by atoms with van der Waals surface area (Å²) in [4.78, 5) is 14.2. The van der Waals surface area contributed by atoms with E-state index in [0.29, 0.717) is 17.4 Å². The summed E-state index contributed by atoms with van der Waals surface area (Å²) in [5, 5.41) is 3.36. The Labute approximate surface area is 151 Å². The van der Waals surface area contributed by atoms with Crippen LogP contribution in [0.2, 0.25) is 0 Å². The number of hydrogen-bond acceptors (Lipinski definition) is 4. The lowest BCUT2D eigenvalue weighted by Gasteiger charge is -2.13. The number of anilines is 1. The molecular weight excluding hydrogens is 336 g/mol. The Morgan fingerprint density at radius 3 is 2.60 bits per heavy atom. The molecule has 1 aliphatic heterocycles. The monoisotopic (exact) mass is 354 g/mol. The van der Waals surface area contributed by atoms with Crippen LogP contribution in [-0.4, -0.2) is 25.2 Å². The molecule has 0 bridgehead atoms.